The van der Waals surface area contributed by atoms with E-state index >= 15 is 0 Å². The van der Waals surface area contributed by atoms with Gasteiger partial charge in [-0.25, -0.2) is 23.7 Å². The SMILES string of the molecule is CCC(C)c1cnon1.CCC(C)c1ncn[nH]1.CCC(C)c1nn[nH]n1.CCC(C)c1nnn(C)n1.CCC(C)n1cnnn1.CCC(C)n1nnnc1N.CCc1nnnn1C. The Labute approximate surface area is 375 Å². The summed E-state index contributed by atoms with van der Waals surface area (Å²) in [5, 5.41) is 71.4. The summed E-state index contributed by atoms with van der Waals surface area (Å²) in [7, 11) is 3.61. The van der Waals surface area contributed by atoms with Gasteiger partial charge in [-0.2, -0.15) is 15.1 Å². The Morgan fingerprint density at radius 2 is 1.34 bits per heavy atom. The lowest BCUT2D eigenvalue weighted by Gasteiger charge is -2.06. The second kappa shape index (κ2) is 32.2. The van der Waals surface area contributed by atoms with Crippen molar-refractivity contribution in [3.05, 3.63) is 47.8 Å². The van der Waals surface area contributed by atoms with Crippen LogP contribution in [0.5, 0.6) is 0 Å². The van der Waals surface area contributed by atoms with Crippen LogP contribution in [0.1, 0.15) is 193 Å². The van der Waals surface area contributed by atoms with E-state index in [0.717, 1.165) is 73.9 Å². The van der Waals surface area contributed by atoms with Gasteiger partial charge in [-0.05, 0) is 88.9 Å². The molecule has 0 aliphatic carbocycles. The molecule has 4 N–H and O–H groups in total. The second-order valence-corrected chi connectivity index (χ2v) is 14.7. The molecular formula is C37H72N26O. The van der Waals surface area contributed by atoms with Crippen LogP contribution in [-0.2, 0) is 20.5 Å². The Hall–Kier alpha value is -6.57. The van der Waals surface area contributed by atoms with Gasteiger partial charge in [-0.3, -0.25) is 5.10 Å². The predicted molar refractivity (Wildman–Crippen MR) is 237 cm³/mol. The summed E-state index contributed by atoms with van der Waals surface area (Å²) in [6.45, 7) is 27.1. The average Bonchev–Trinajstić information content (AvgIpc) is 4.18. The number of nitrogens with one attached hydrogen (secondary N) is 2. The van der Waals surface area contributed by atoms with Crippen molar-refractivity contribution in [2.75, 3.05) is 5.73 Å². The van der Waals surface area contributed by atoms with Crippen LogP contribution in [0.25, 0.3) is 0 Å². The molecule has 7 heterocycles. The number of nitrogens with two attached hydrogens (primary N) is 1. The van der Waals surface area contributed by atoms with Gasteiger partial charge in [0.05, 0.1) is 25.3 Å². The Bertz CT molecular complexity index is 1880. The minimum absolute atomic E-state index is 0.287. The van der Waals surface area contributed by atoms with Crippen LogP contribution < -0.4 is 5.73 Å². The minimum atomic E-state index is 0.287. The van der Waals surface area contributed by atoms with Crippen LogP contribution in [0.2, 0.25) is 0 Å². The summed E-state index contributed by atoms with van der Waals surface area (Å²) in [6.07, 6.45) is 12.1. The van der Waals surface area contributed by atoms with Crippen LogP contribution in [0.4, 0.5) is 5.95 Å². The maximum absolute atomic E-state index is 5.44. The van der Waals surface area contributed by atoms with E-state index in [4.69, 9.17) is 5.73 Å². The van der Waals surface area contributed by atoms with Crippen molar-refractivity contribution in [3.8, 4) is 0 Å². The normalized spacial score (nSPS) is 13.0. The first kappa shape index (κ1) is 55.4. The molecule has 0 spiro atoms. The smallest absolute Gasteiger partial charge is 0.240 e. The molecule has 27 heteroatoms. The number of nitrogens with zero attached hydrogens (tertiary/aromatic N) is 23. The lowest BCUT2D eigenvalue weighted by molar-refractivity contribution is 0.301. The number of aromatic nitrogens is 25. The van der Waals surface area contributed by atoms with Crippen molar-refractivity contribution in [1.29, 1.82) is 0 Å². The Balaban J connectivity index is 0.000000374. The van der Waals surface area contributed by atoms with E-state index in [9.17, 15) is 0 Å². The number of nitrogen functional groups attached to an aromatic ring is 1. The first-order valence-corrected chi connectivity index (χ1v) is 21.8. The molecule has 7 aromatic heterocycles. The zero-order valence-electron chi connectivity index (χ0n) is 40.4. The van der Waals surface area contributed by atoms with Crippen molar-refractivity contribution in [2.24, 2.45) is 14.1 Å². The Morgan fingerprint density at radius 3 is 1.75 bits per heavy atom. The van der Waals surface area contributed by atoms with Crippen LogP contribution in [0.3, 0.4) is 0 Å². The third kappa shape index (κ3) is 21.0. The molecule has 0 aliphatic heterocycles. The second-order valence-electron chi connectivity index (χ2n) is 14.7. The van der Waals surface area contributed by atoms with Gasteiger partial charge in [0.25, 0.3) is 0 Å². The fraction of sp³-hybridized carbons (Fsp3) is 0.757. The van der Waals surface area contributed by atoms with Gasteiger partial charge in [0.1, 0.15) is 24.2 Å². The number of hydrogen-bond acceptors (Lipinski definition) is 21. The predicted octanol–water partition coefficient (Wildman–Crippen LogP) is 4.98. The first-order valence-electron chi connectivity index (χ1n) is 21.8. The third-order valence-corrected chi connectivity index (χ3v) is 9.96. The number of rotatable bonds is 13. The van der Waals surface area contributed by atoms with Crippen molar-refractivity contribution in [3.63, 3.8) is 0 Å². The first-order chi connectivity index (χ1) is 30.7. The van der Waals surface area contributed by atoms with Crippen molar-refractivity contribution in [2.45, 2.75) is 171 Å². The van der Waals surface area contributed by atoms with Gasteiger partial charge >= 0.3 is 0 Å². The Morgan fingerprint density at radius 1 is 0.688 bits per heavy atom. The van der Waals surface area contributed by atoms with E-state index in [1.807, 2.05) is 20.9 Å². The number of aromatic amines is 2. The van der Waals surface area contributed by atoms with Crippen LogP contribution in [-0.4, -0.2) is 127 Å². The summed E-state index contributed by atoms with van der Waals surface area (Å²) in [5.74, 6) is 5.75. The van der Waals surface area contributed by atoms with Gasteiger partial charge in [0.2, 0.25) is 5.95 Å². The summed E-state index contributed by atoms with van der Waals surface area (Å²) in [6, 6.07) is 0.704. The van der Waals surface area contributed by atoms with E-state index in [2.05, 4.69) is 189 Å². The van der Waals surface area contributed by atoms with E-state index < -0.39 is 0 Å². The fourth-order valence-corrected chi connectivity index (χ4v) is 4.28. The van der Waals surface area contributed by atoms with Gasteiger partial charge in [0.15, 0.2) is 17.5 Å². The van der Waals surface area contributed by atoms with Crippen molar-refractivity contribution < 1.29 is 4.63 Å². The summed E-state index contributed by atoms with van der Waals surface area (Å²) in [5.41, 5.74) is 6.39. The number of tetrazole rings is 5. The third-order valence-electron chi connectivity index (χ3n) is 9.96. The topological polar surface area (TPSA) is 335 Å². The molecular weight excluding hydrogens is 825 g/mol. The van der Waals surface area contributed by atoms with Gasteiger partial charge < -0.3 is 5.73 Å². The van der Waals surface area contributed by atoms with Gasteiger partial charge in [-0.1, -0.05) is 96.8 Å². The molecule has 0 saturated heterocycles. The number of H-pyrrole nitrogens is 2. The van der Waals surface area contributed by atoms with E-state index in [1.165, 1.54) is 4.80 Å². The zero-order chi connectivity index (χ0) is 47.9. The highest BCUT2D eigenvalue weighted by molar-refractivity contribution is 5.10. The van der Waals surface area contributed by atoms with Crippen LogP contribution >= 0.6 is 0 Å². The molecule has 0 radical (unpaired) electrons. The molecule has 6 unspecified atom stereocenters. The molecule has 0 bridgehead atoms. The molecule has 27 nitrogen and oxygen atoms in total. The molecule has 6 atom stereocenters. The number of hydrogen-bond donors (Lipinski definition) is 3. The lowest BCUT2D eigenvalue weighted by atomic mass is 10.1. The molecule has 64 heavy (non-hydrogen) atoms. The zero-order valence-corrected chi connectivity index (χ0v) is 40.4. The number of aryl methyl sites for hydroxylation is 3. The fourth-order valence-electron chi connectivity index (χ4n) is 4.28. The molecule has 0 saturated carbocycles. The highest BCUT2D eigenvalue weighted by Crippen LogP contribution is 2.15. The Kier molecular flexibility index (Phi) is 27.9. The summed E-state index contributed by atoms with van der Waals surface area (Å²) >= 11 is 0. The van der Waals surface area contributed by atoms with E-state index in [0.29, 0.717) is 35.7 Å². The largest absolute Gasteiger partial charge is 0.367 e. The lowest BCUT2D eigenvalue weighted by Crippen LogP contribution is -2.09. The minimum Gasteiger partial charge on any atom is -0.367 e. The van der Waals surface area contributed by atoms with Gasteiger partial charge in [-0.15, -0.1) is 30.6 Å². The number of anilines is 1. The maximum atomic E-state index is 5.44. The highest BCUT2D eigenvalue weighted by atomic mass is 16.6. The average molecular weight is 897 g/mol. The van der Waals surface area contributed by atoms with E-state index in [1.54, 1.807) is 39.9 Å². The van der Waals surface area contributed by atoms with Gasteiger partial charge in [0, 0.05) is 37.1 Å². The van der Waals surface area contributed by atoms with Crippen molar-refractivity contribution >= 4 is 5.95 Å². The monoisotopic (exact) mass is 897 g/mol. The standard InChI is InChI=1S/C6H12N4.C6H11N3.C6H10N2O.C5H11N5.2C5H10N4.C4H8N4/c1-4-5(2)6-7-9-10(3)8-6;1-3-5(2)6-7-4-8-9-6;1-3-5(2)6-4-7-9-8-6;1-3-4(2)10-5(6)7-8-9-10;1-3-5(2)9-4-6-7-8-9;1-3-4(2)5-6-8-9-7-5;1-3-4-5-6-7-8(4)2/h5H,4H2,1-3H3;4-5H,3H2,1-2H3,(H,7,8,9);4-5H,3H2,1-2H3;4H,3H2,1-2H3,(H2,6,7,9);4-5H,3H2,1-2H3;4H,3H2,1-2H3,(H,6,7,8,9);3H2,1-2H3. The summed E-state index contributed by atoms with van der Waals surface area (Å²) < 4.78 is 9.47. The summed E-state index contributed by atoms with van der Waals surface area (Å²) in [4.78, 5) is 5.51. The highest BCUT2D eigenvalue weighted by Gasteiger charge is 2.09. The van der Waals surface area contributed by atoms with Crippen LogP contribution in [0.15, 0.2) is 23.5 Å². The molecule has 0 aliphatic rings. The maximum Gasteiger partial charge on any atom is 0.240 e. The quantitative estimate of drug-likeness (QED) is 0.137. The molecule has 7 aromatic rings. The van der Waals surface area contributed by atoms with E-state index in [-0.39, 0.29) is 6.04 Å². The molecule has 0 aromatic carbocycles. The molecule has 7 rings (SSSR count). The van der Waals surface area contributed by atoms with Crippen LogP contribution in [0, 0.1) is 0 Å². The molecule has 0 fully saturated rings. The molecule has 0 amide bonds. The van der Waals surface area contributed by atoms with Crippen molar-refractivity contribution in [1.82, 2.24) is 127 Å². The molecule has 356 valence electrons.